The van der Waals surface area contributed by atoms with Crippen molar-refractivity contribution in [1.29, 1.82) is 0 Å². The van der Waals surface area contributed by atoms with E-state index < -0.39 is 0 Å². The zero-order chi connectivity index (χ0) is 18.3. The number of para-hydroxylation sites is 1. The molecule has 1 amide bonds. The molecule has 6 nitrogen and oxygen atoms in total. The van der Waals surface area contributed by atoms with Gasteiger partial charge in [-0.2, -0.15) is 0 Å². The van der Waals surface area contributed by atoms with Crippen LogP contribution in [-0.4, -0.2) is 31.2 Å². The first-order valence-corrected chi connectivity index (χ1v) is 8.31. The summed E-state index contributed by atoms with van der Waals surface area (Å²) in [6, 6.07) is 14.5. The molecule has 26 heavy (non-hydrogen) atoms. The first-order chi connectivity index (χ1) is 12.7. The van der Waals surface area contributed by atoms with Gasteiger partial charge in [0, 0.05) is 18.5 Å². The number of carbonyl (C=O) groups is 1. The Morgan fingerprint density at radius 1 is 1.00 bits per heavy atom. The second-order valence-electron chi connectivity index (χ2n) is 6.04. The summed E-state index contributed by atoms with van der Waals surface area (Å²) in [6.07, 6.45) is 0. The summed E-state index contributed by atoms with van der Waals surface area (Å²) < 4.78 is 12.3. The van der Waals surface area contributed by atoms with Crippen molar-refractivity contribution in [2.45, 2.75) is 6.54 Å². The van der Waals surface area contributed by atoms with Gasteiger partial charge in [-0.15, -0.1) is 0 Å². The molecule has 0 bridgehead atoms. The lowest BCUT2D eigenvalue weighted by atomic mass is 10.1. The Morgan fingerprint density at radius 2 is 1.81 bits per heavy atom. The molecule has 1 aliphatic heterocycles. The van der Waals surface area contributed by atoms with E-state index in [4.69, 9.17) is 9.47 Å². The predicted molar refractivity (Wildman–Crippen MR) is 99.4 cm³/mol. The zero-order valence-corrected chi connectivity index (χ0v) is 14.6. The van der Waals surface area contributed by atoms with Crippen LogP contribution < -0.4 is 19.9 Å². The highest BCUT2D eigenvalue weighted by Gasteiger charge is 2.29. The van der Waals surface area contributed by atoms with Crippen molar-refractivity contribution in [1.82, 2.24) is 4.57 Å². The molecule has 2 aromatic carbocycles. The number of rotatable bonds is 3. The van der Waals surface area contributed by atoms with Gasteiger partial charge in [0.2, 0.25) is 0 Å². The topological polar surface area (TPSA) is 60.8 Å². The van der Waals surface area contributed by atoms with Crippen molar-refractivity contribution in [2.75, 3.05) is 25.7 Å². The number of nitrogens with zero attached hydrogens (tertiary/aromatic N) is 2. The lowest BCUT2D eigenvalue weighted by molar-refractivity contribution is 0.0986. The van der Waals surface area contributed by atoms with Gasteiger partial charge >= 0.3 is 0 Å². The minimum Gasteiger partial charge on any atom is -0.493 e. The van der Waals surface area contributed by atoms with E-state index in [9.17, 15) is 9.59 Å². The maximum atomic E-state index is 13.2. The van der Waals surface area contributed by atoms with Crippen LogP contribution in [-0.2, 0) is 6.54 Å². The van der Waals surface area contributed by atoms with Gasteiger partial charge in [0.15, 0.2) is 11.5 Å². The molecule has 132 valence electrons. The van der Waals surface area contributed by atoms with Crippen molar-refractivity contribution in [3.8, 4) is 11.5 Å². The number of pyridine rings is 1. The Balaban J connectivity index is 1.84. The highest BCUT2D eigenvalue weighted by molar-refractivity contribution is 6.09. The summed E-state index contributed by atoms with van der Waals surface area (Å²) >= 11 is 0. The predicted octanol–water partition coefficient (Wildman–Crippen LogP) is 2.68. The third-order valence-corrected chi connectivity index (χ3v) is 4.70. The molecule has 0 unspecified atom stereocenters. The molecule has 0 radical (unpaired) electrons. The first-order valence-electron chi connectivity index (χ1n) is 8.31. The molecule has 1 aliphatic rings. The summed E-state index contributed by atoms with van der Waals surface area (Å²) in [5.41, 5.74) is 0.326. The summed E-state index contributed by atoms with van der Waals surface area (Å²) in [5, 5.41) is 1.48. The minimum absolute atomic E-state index is 0.0778. The molecule has 2 heterocycles. The smallest absolute Gasteiger partial charge is 0.263 e. The van der Waals surface area contributed by atoms with E-state index in [0.29, 0.717) is 41.4 Å². The van der Waals surface area contributed by atoms with Gasteiger partial charge in [-0.1, -0.05) is 24.3 Å². The number of carbonyl (C=O) groups excluding carboxylic acids is 1. The first kappa shape index (κ1) is 16.2. The van der Waals surface area contributed by atoms with E-state index in [0.717, 1.165) is 5.39 Å². The number of methoxy groups -OCH3 is 2. The molecule has 6 heteroatoms. The summed E-state index contributed by atoms with van der Waals surface area (Å²) in [5.74, 6) is 1.26. The van der Waals surface area contributed by atoms with E-state index in [1.165, 1.54) is 14.2 Å². The summed E-state index contributed by atoms with van der Waals surface area (Å²) in [7, 11) is 3.04. The number of anilines is 1. The van der Waals surface area contributed by atoms with E-state index in [1.54, 1.807) is 33.7 Å². The Morgan fingerprint density at radius 3 is 2.58 bits per heavy atom. The quantitative estimate of drug-likeness (QED) is 0.729. The fourth-order valence-corrected chi connectivity index (χ4v) is 3.44. The molecule has 0 N–H and O–H groups in total. The molecule has 0 atom stereocenters. The highest BCUT2D eigenvalue weighted by Crippen LogP contribution is 2.33. The lowest BCUT2D eigenvalue weighted by Crippen LogP contribution is -2.29. The van der Waals surface area contributed by atoms with E-state index in [-0.39, 0.29) is 11.5 Å². The molecule has 0 spiro atoms. The van der Waals surface area contributed by atoms with Crippen LogP contribution in [0, 0.1) is 0 Å². The van der Waals surface area contributed by atoms with Crippen LogP contribution >= 0.6 is 0 Å². The Labute approximate surface area is 150 Å². The van der Waals surface area contributed by atoms with Gasteiger partial charge in [-0.3, -0.25) is 19.1 Å². The summed E-state index contributed by atoms with van der Waals surface area (Å²) in [4.78, 5) is 27.5. The van der Waals surface area contributed by atoms with Crippen LogP contribution in [0.3, 0.4) is 0 Å². The molecule has 0 fully saturated rings. The lowest BCUT2D eigenvalue weighted by Gasteiger charge is -2.19. The molecular formula is C20H18N2O4. The van der Waals surface area contributed by atoms with E-state index >= 15 is 0 Å². The second kappa shape index (κ2) is 6.22. The average molecular weight is 350 g/mol. The Kier molecular flexibility index (Phi) is 3.88. The van der Waals surface area contributed by atoms with E-state index in [2.05, 4.69) is 0 Å². The number of aromatic nitrogens is 1. The standard InChI is InChI=1S/C20H18N2O4/c1-25-16-9-5-8-15(18(16)26-2)20(24)22-11-10-21-17(22)12-13-6-3-4-7-14(13)19(21)23/h3-9,12H,10-11H2,1-2H3. The number of amides is 1. The molecule has 0 saturated carbocycles. The number of fused-ring (bicyclic) bond motifs is 2. The minimum atomic E-state index is -0.221. The van der Waals surface area contributed by atoms with Crippen LogP contribution in [0.2, 0.25) is 0 Å². The number of hydrogen-bond donors (Lipinski definition) is 0. The second-order valence-corrected chi connectivity index (χ2v) is 6.04. The average Bonchev–Trinajstić information content (AvgIpc) is 3.11. The third kappa shape index (κ3) is 2.34. The molecular weight excluding hydrogens is 332 g/mol. The van der Waals surface area contributed by atoms with Crippen molar-refractivity contribution in [3.05, 3.63) is 64.4 Å². The van der Waals surface area contributed by atoms with Gasteiger partial charge in [0.05, 0.1) is 19.8 Å². The van der Waals surface area contributed by atoms with Crippen LogP contribution in [0.1, 0.15) is 10.4 Å². The molecule has 1 aromatic heterocycles. The Bertz CT molecular complexity index is 1070. The van der Waals surface area contributed by atoms with Gasteiger partial charge in [0.25, 0.3) is 11.5 Å². The van der Waals surface area contributed by atoms with Crippen LogP contribution in [0.4, 0.5) is 5.82 Å². The highest BCUT2D eigenvalue weighted by atomic mass is 16.5. The molecule has 0 aliphatic carbocycles. The largest absolute Gasteiger partial charge is 0.493 e. The monoisotopic (exact) mass is 350 g/mol. The third-order valence-electron chi connectivity index (χ3n) is 4.70. The maximum absolute atomic E-state index is 13.2. The van der Waals surface area contributed by atoms with Crippen molar-refractivity contribution < 1.29 is 14.3 Å². The van der Waals surface area contributed by atoms with Gasteiger partial charge in [-0.25, -0.2) is 0 Å². The zero-order valence-electron chi connectivity index (χ0n) is 14.6. The SMILES string of the molecule is COc1cccc(C(=O)N2CCn3c2cc2ccccc2c3=O)c1OC. The fraction of sp³-hybridized carbons (Fsp3) is 0.200. The number of ether oxygens (including phenoxy) is 2. The normalized spacial score (nSPS) is 12.9. The van der Waals surface area contributed by atoms with Gasteiger partial charge in [-0.05, 0) is 29.7 Å². The number of benzene rings is 2. The molecule has 4 rings (SSSR count). The fourth-order valence-electron chi connectivity index (χ4n) is 3.44. The maximum Gasteiger partial charge on any atom is 0.263 e. The van der Waals surface area contributed by atoms with Crippen molar-refractivity contribution in [3.63, 3.8) is 0 Å². The van der Waals surface area contributed by atoms with Crippen LogP contribution in [0.15, 0.2) is 53.3 Å². The van der Waals surface area contributed by atoms with Gasteiger partial charge < -0.3 is 9.47 Å². The van der Waals surface area contributed by atoms with Crippen LogP contribution in [0.25, 0.3) is 10.8 Å². The summed E-state index contributed by atoms with van der Waals surface area (Å²) in [6.45, 7) is 0.905. The Hall–Kier alpha value is -3.28. The van der Waals surface area contributed by atoms with Gasteiger partial charge in [0.1, 0.15) is 5.82 Å². The van der Waals surface area contributed by atoms with Crippen molar-refractivity contribution in [2.24, 2.45) is 0 Å². The molecule has 3 aromatic rings. The van der Waals surface area contributed by atoms with E-state index in [1.807, 2.05) is 24.3 Å². The number of hydrogen-bond acceptors (Lipinski definition) is 4. The van der Waals surface area contributed by atoms with Crippen molar-refractivity contribution >= 4 is 22.5 Å². The molecule has 0 saturated heterocycles. The van der Waals surface area contributed by atoms with Crippen LogP contribution in [0.5, 0.6) is 11.5 Å².